The summed E-state index contributed by atoms with van der Waals surface area (Å²) < 4.78 is 7.35. The second-order valence-electron chi connectivity index (χ2n) is 5.35. The zero-order chi connectivity index (χ0) is 14.8. The van der Waals surface area contributed by atoms with Gasteiger partial charge >= 0.3 is 0 Å². The number of rotatable bonds is 5. The highest BCUT2D eigenvalue weighted by molar-refractivity contribution is 6.19. The van der Waals surface area contributed by atoms with Gasteiger partial charge in [0.25, 0.3) is 5.91 Å². The molecule has 2 rings (SSSR count). The number of carbonyl (C=O) groups is 1. The minimum Gasteiger partial charge on any atom is -0.467 e. The van der Waals surface area contributed by atoms with Crippen molar-refractivity contribution in [2.24, 2.45) is 0 Å². The van der Waals surface area contributed by atoms with Crippen LogP contribution in [0.15, 0.2) is 29.9 Å². The second kappa shape index (κ2) is 8.19. The molecule has 2 heterocycles. The Bertz CT molecular complexity index is 553. The average Bonchev–Trinajstić information content (AvgIpc) is 2.93. The molecule has 0 radical (unpaired) electrons. The maximum Gasteiger partial charge on any atom is 0.256 e. The molecular formula is C14H22Cl2N4O2. The van der Waals surface area contributed by atoms with Crippen LogP contribution in [-0.2, 0) is 16.1 Å². The summed E-state index contributed by atoms with van der Waals surface area (Å²) in [6.07, 6.45) is 6.17. The number of aryl methyl sites for hydroxylation is 1. The minimum atomic E-state index is -0.569. The first-order valence-corrected chi connectivity index (χ1v) is 6.65. The van der Waals surface area contributed by atoms with Crippen molar-refractivity contribution in [3.8, 4) is 0 Å². The Hall–Kier alpha value is -1.53. The summed E-state index contributed by atoms with van der Waals surface area (Å²) in [4.78, 5) is 16.1. The number of nitrogens with zero attached hydrogens (tertiary/aromatic N) is 2. The predicted molar refractivity (Wildman–Crippen MR) is 89.9 cm³/mol. The molecule has 0 bridgehead atoms. The highest BCUT2D eigenvalue weighted by atomic mass is 35.5. The van der Waals surface area contributed by atoms with E-state index in [2.05, 4.69) is 10.3 Å². The second-order valence-corrected chi connectivity index (χ2v) is 5.35. The fraction of sp³-hybridized carbons (Fsp3) is 0.500. The van der Waals surface area contributed by atoms with Crippen LogP contribution < -0.4 is 5.32 Å². The van der Waals surface area contributed by atoms with Crippen LogP contribution in [0, 0.1) is 5.41 Å². The van der Waals surface area contributed by atoms with Gasteiger partial charge in [0, 0.05) is 25.5 Å². The van der Waals surface area contributed by atoms with Crippen LogP contribution >= 0.6 is 24.8 Å². The molecule has 0 aliphatic carbocycles. The lowest BCUT2D eigenvalue weighted by molar-refractivity contribution is -0.117. The molecule has 0 atom stereocenters. The Morgan fingerprint density at radius 2 is 2.14 bits per heavy atom. The largest absolute Gasteiger partial charge is 0.467 e. The molecule has 6 nitrogen and oxygen atoms in total. The van der Waals surface area contributed by atoms with Crippen molar-refractivity contribution < 1.29 is 9.53 Å². The van der Waals surface area contributed by atoms with Crippen LogP contribution in [0.4, 0.5) is 0 Å². The molecule has 0 fully saturated rings. The fourth-order valence-corrected chi connectivity index (χ4v) is 2.10. The lowest BCUT2D eigenvalue weighted by Crippen LogP contribution is -2.29. The molecule has 1 aliphatic rings. The molecule has 0 saturated heterocycles. The zero-order valence-electron chi connectivity index (χ0n) is 12.9. The summed E-state index contributed by atoms with van der Waals surface area (Å²) in [6, 6.07) is 0. The van der Waals surface area contributed by atoms with Crippen molar-refractivity contribution in [1.82, 2.24) is 14.9 Å². The van der Waals surface area contributed by atoms with Crippen molar-refractivity contribution in [2.75, 3.05) is 6.54 Å². The molecule has 1 amide bonds. The standard InChI is InChI=1S/C14H20N4O2.2ClH/c1-10-11(12(15)20-14(10,2)3)13(19)17-5-4-7-18-8-6-16-9-18;;/h6,8-9,15H,4-5,7H2,1-3H3,(H,17,19);2*1H. The number of amides is 1. The van der Waals surface area contributed by atoms with Gasteiger partial charge in [-0.2, -0.15) is 0 Å². The van der Waals surface area contributed by atoms with E-state index in [0.29, 0.717) is 12.1 Å². The van der Waals surface area contributed by atoms with E-state index in [4.69, 9.17) is 10.1 Å². The number of hydrogen-bond acceptors (Lipinski definition) is 4. The predicted octanol–water partition coefficient (Wildman–Crippen LogP) is 2.34. The average molecular weight is 349 g/mol. The Kier molecular flexibility index (Phi) is 7.62. The molecule has 0 spiro atoms. The lowest BCUT2D eigenvalue weighted by atomic mass is 9.97. The molecule has 1 aromatic rings. The van der Waals surface area contributed by atoms with Crippen molar-refractivity contribution in [2.45, 2.75) is 39.3 Å². The van der Waals surface area contributed by atoms with Crippen LogP contribution in [0.1, 0.15) is 27.2 Å². The van der Waals surface area contributed by atoms with E-state index in [-0.39, 0.29) is 36.6 Å². The first-order chi connectivity index (χ1) is 9.42. The SMILES string of the molecule is CC1=C(C(=O)NCCCn2ccnc2)C(=N)OC1(C)C.Cl.Cl. The van der Waals surface area contributed by atoms with Crippen LogP contribution in [0.5, 0.6) is 0 Å². The van der Waals surface area contributed by atoms with Crippen LogP contribution in [0.2, 0.25) is 0 Å². The molecule has 8 heteroatoms. The number of carbonyl (C=O) groups excluding carboxylic acids is 1. The van der Waals surface area contributed by atoms with Gasteiger partial charge in [0.05, 0.1) is 6.33 Å². The molecule has 0 aromatic carbocycles. The molecule has 0 unspecified atom stereocenters. The van der Waals surface area contributed by atoms with Crippen LogP contribution in [0.3, 0.4) is 0 Å². The molecule has 22 heavy (non-hydrogen) atoms. The van der Waals surface area contributed by atoms with Crippen LogP contribution in [-0.4, -0.2) is 33.5 Å². The van der Waals surface area contributed by atoms with Gasteiger partial charge in [-0.3, -0.25) is 10.2 Å². The normalized spacial score (nSPS) is 15.7. The monoisotopic (exact) mass is 348 g/mol. The molecule has 0 saturated carbocycles. The Morgan fingerprint density at radius 3 is 2.64 bits per heavy atom. The maximum atomic E-state index is 12.1. The zero-order valence-corrected chi connectivity index (χ0v) is 14.5. The quantitative estimate of drug-likeness (QED) is 0.801. The van der Waals surface area contributed by atoms with E-state index < -0.39 is 5.60 Å². The van der Waals surface area contributed by atoms with E-state index in [9.17, 15) is 4.79 Å². The van der Waals surface area contributed by atoms with Crippen molar-refractivity contribution in [1.29, 1.82) is 5.41 Å². The number of aromatic nitrogens is 2. The number of ether oxygens (including phenoxy) is 1. The number of nitrogens with one attached hydrogen (secondary N) is 2. The van der Waals surface area contributed by atoms with E-state index in [1.54, 1.807) is 12.5 Å². The third kappa shape index (κ3) is 4.48. The molecule has 124 valence electrons. The number of halogens is 2. The van der Waals surface area contributed by atoms with Gasteiger partial charge < -0.3 is 14.6 Å². The topological polar surface area (TPSA) is 80.0 Å². The fourth-order valence-electron chi connectivity index (χ4n) is 2.10. The third-order valence-electron chi connectivity index (χ3n) is 3.53. The summed E-state index contributed by atoms with van der Waals surface area (Å²) >= 11 is 0. The van der Waals surface area contributed by atoms with Crippen LogP contribution in [0.25, 0.3) is 0 Å². The number of imidazole rings is 1. The lowest BCUT2D eigenvalue weighted by Gasteiger charge is -2.18. The van der Waals surface area contributed by atoms with E-state index >= 15 is 0 Å². The summed E-state index contributed by atoms with van der Waals surface area (Å²) in [5.74, 6) is -0.275. The first-order valence-electron chi connectivity index (χ1n) is 6.65. The number of hydrogen-bond donors (Lipinski definition) is 2. The van der Waals surface area contributed by atoms with E-state index in [1.807, 2.05) is 31.5 Å². The van der Waals surface area contributed by atoms with Gasteiger partial charge in [0.15, 0.2) is 0 Å². The first kappa shape index (κ1) is 20.5. The summed E-state index contributed by atoms with van der Waals surface area (Å²) in [5.41, 5.74) is 0.591. The Balaban J connectivity index is 0.00000220. The summed E-state index contributed by atoms with van der Waals surface area (Å²) in [7, 11) is 0. The third-order valence-corrected chi connectivity index (χ3v) is 3.53. The van der Waals surface area contributed by atoms with Gasteiger partial charge in [-0.05, 0) is 32.8 Å². The van der Waals surface area contributed by atoms with E-state index in [1.165, 1.54) is 0 Å². The van der Waals surface area contributed by atoms with E-state index in [0.717, 1.165) is 18.5 Å². The van der Waals surface area contributed by atoms with Crippen molar-refractivity contribution in [3.63, 3.8) is 0 Å². The molecule has 1 aliphatic heterocycles. The maximum absolute atomic E-state index is 12.1. The smallest absolute Gasteiger partial charge is 0.256 e. The molecule has 2 N–H and O–H groups in total. The van der Waals surface area contributed by atoms with Gasteiger partial charge in [-0.1, -0.05) is 0 Å². The summed E-state index contributed by atoms with van der Waals surface area (Å²) in [5, 5.41) is 10.6. The minimum absolute atomic E-state index is 0. The summed E-state index contributed by atoms with van der Waals surface area (Å²) in [6.45, 7) is 6.91. The Labute approximate surface area is 142 Å². The Morgan fingerprint density at radius 1 is 1.45 bits per heavy atom. The van der Waals surface area contributed by atoms with Gasteiger partial charge in [-0.15, -0.1) is 24.8 Å². The van der Waals surface area contributed by atoms with Gasteiger partial charge in [0.1, 0.15) is 11.2 Å². The highest BCUT2D eigenvalue weighted by Crippen LogP contribution is 2.31. The van der Waals surface area contributed by atoms with Gasteiger partial charge in [-0.25, -0.2) is 4.98 Å². The molecular weight excluding hydrogens is 327 g/mol. The highest BCUT2D eigenvalue weighted by Gasteiger charge is 2.38. The van der Waals surface area contributed by atoms with Gasteiger partial charge in [0.2, 0.25) is 5.90 Å². The van der Waals surface area contributed by atoms with Crippen molar-refractivity contribution in [3.05, 3.63) is 29.9 Å². The van der Waals surface area contributed by atoms with Crippen molar-refractivity contribution >= 4 is 36.6 Å². The molecule has 1 aromatic heterocycles.